The molecule has 0 radical (unpaired) electrons. The molecule has 168 valence electrons. The molecule has 0 aliphatic carbocycles. The minimum absolute atomic E-state index is 0.166. The van der Waals surface area contributed by atoms with E-state index < -0.39 is 35.4 Å². The van der Waals surface area contributed by atoms with E-state index in [2.05, 4.69) is 18.8 Å². The summed E-state index contributed by atoms with van der Waals surface area (Å²) in [6, 6.07) is 1.24. The van der Waals surface area contributed by atoms with E-state index in [1.165, 1.54) is 30.6 Å². The predicted molar refractivity (Wildman–Crippen MR) is 108 cm³/mol. The van der Waals surface area contributed by atoms with Gasteiger partial charge in [0.1, 0.15) is 11.9 Å². The summed E-state index contributed by atoms with van der Waals surface area (Å²) in [5, 5.41) is 2.45. The number of amides is 2. The zero-order valence-electron chi connectivity index (χ0n) is 17.1. The van der Waals surface area contributed by atoms with E-state index in [9.17, 15) is 27.2 Å². The van der Waals surface area contributed by atoms with Crippen LogP contribution in [0.4, 0.5) is 23.2 Å². The number of nitrogens with two attached hydrogens (primary N) is 1. The third-order valence-electron chi connectivity index (χ3n) is 4.58. The van der Waals surface area contributed by atoms with Gasteiger partial charge in [0.2, 0.25) is 11.8 Å². The lowest BCUT2D eigenvalue weighted by molar-refractivity contribution is -0.137. The molecule has 30 heavy (non-hydrogen) atoms. The monoisotopic (exact) mass is 431 g/mol. The van der Waals surface area contributed by atoms with Gasteiger partial charge >= 0.3 is 6.18 Å². The standard InChI is InChI=1S/C14H15F4N3O2.C7H14/c15-9-4-8(14(16,17)18)5-10(6-9)20-7-12(22)21-3-1-2-11(21)13(19)23;1-3-5-7-6-4-2/h4-6,11,20H,1-3,7H2,(H2,19,23);3H,1,4-7H2,2H3/t11-;/m0./s1. The van der Waals surface area contributed by atoms with Gasteiger partial charge in [-0.05, 0) is 43.9 Å². The number of likely N-dealkylation sites (tertiary alicyclic amines) is 1. The second kappa shape index (κ2) is 12.2. The smallest absolute Gasteiger partial charge is 0.376 e. The Bertz CT molecular complexity index is 723. The maximum absolute atomic E-state index is 13.3. The van der Waals surface area contributed by atoms with Crippen LogP contribution in [0.15, 0.2) is 30.9 Å². The highest BCUT2D eigenvalue weighted by atomic mass is 19.4. The van der Waals surface area contributed by atoms with Gasteiger partial charge in [-0.15, -0.1) is 6.58 Å². The van der Waals surface area contributed by atoms with Gasteiger partial charge in [-0.25, -0.2) is 4.39 Å². The summed E-state index contributed by atoms with van der Waals surface area (Å²) in [7, 11) is 0. The quantitative estimate of drug-likeness (QED) is 0.362. The van der Waals surface area contributed by atoms with Crippen molar-refractivity contribution < 1.29 is 27.2 Å². The van der Waals surface area contributed by atoms with Crippen LogP contribution in [0.2, 0.25) is 0 Å². The lowest BCUT2D eigenvalue weighted by Crippen LogP contribution is -2.45. The first-order valence-corrected chi connectivity index (χ1v) is 9.91. The fourth-order valence-corrected chi connectivity index (χ4v) is 3.03. The lowest BCUT2D eigenvalue weighted by atomic mass is 10.2. The number of alkyl halides is 3. The number of carbonyl (C=O) groups excluding carboxylic acids is 2. The number of halogens is 4. The average molecular weight is 431 g/mol. The normalized spacial score (nSPS) is 15.9. The van der Waals surface area contributed by atoms with Gasteiger partial charge in [-0.3, -0.25) is 9.59 Å². The van der Waals surface area contributed by atoms with Gasteiger partial charge in [-0.2, -0.15) is 13.2 Å². The first-order chi connectivity index (χ1) is 14.1. The Morgan fingerprint density at radius 3 is 2.57 bits per heavy atom. The van der Waals surface area contributed by atoms with Crippen LogP contribution in [0.5, 0.6) is 0 Å². The van der Waals surface area contributed by atoms with E-state index in [1.54, 1.807) is 0 Å². The molecule has 1 heterocycles. The van der Waals surface area contributed by atoms with Crippen molar-refractivity contribution in [3.63, 3.8) is 0 Å². The highest BCUT2D eigenvalue weighted by Gasteiger charge is 2.33. The zero-order chi connectivity index (χ0) is 22.7. The summed E-state index contributed by atoms with van der Waals surface area (Å²) in [4.78, 5) is 24.5. The summed E-state index contributed by atoms with van der Waals surface area (Å²) < 4.78 is 51.1. The number of primary amides is 1. The number of allylic oxidation sites excluding steroid dienone is 1. The molecule has 0 aromatic heterocycles. The first-order valence-electron chi connectivity index (χ1n) is 9.91. The molecule has 1 atom stereocenters. The largest absolute Gasteiger partial charge is 0.416 e. The molecular formula is C21H29F4N3O2. The molecule has 1 fully saturated rings. The van der Waals surface area contributed by atoms with Gasteiger partial charge in [0, 0.05) is 12.2 Å². The number of rotatable bonds is 8. The second-order valence-electron chi connectivity index (χ2n) is 7.01. The number of hydrogen-bond donors (Lipinski definition) is 2. The third-order valence-corrected chi connectivity index (χ3v) is 4.58. The number of carbonyl (C=O) groups is 2. The molecule has 5 nitrogen and oxygen atoms in total. The van der Waals surface area contributed by atoms with Crippen LogP contribution in [0.3, 0.4) is 0 Å². The number of hydrogen-bond acceptors (Lipinski definition) is 3. The van der Waals surface area contributed by atoms with Crippen molar-refractivity contribution in [2.24, 2.45) is 5.73 Å². The topological polar surface area (TPSA) is 75.4 Å². The number of anilines is 1. The Kier molecular flexibility index (Phi) is 10.3. The Hall–Kier alpha value is -2.58. The van der Waals surface area contributed by atoms with Gasteiger partial charge in [0.15, 0.2) is 0 Å². The molecule has 0 saturated carbocycles. The van der Waals surface area contributed by atoms with E-state index in [4.69, 9.17) is 5.73 Å². The summed E-state index contributed by atoms with van der Waals surface area (Å²) in [6.45, 7) is 5.84. The maximum Gasteiger partial charge on any atom is 0.416 e. The van der Waals surface area contributed by atoms with Crippen LogP contribution in [-0.4, -0.2) is 35.8 Å². The van der Waals surface area contributed by atoms with Crippen molar-refractivity contribution >= 4 is 17.5 Å². The number of unbranched alkanes of at least 4 members (excludes halogenated alkanes) is 3. The van der Waals surface area contributed by atoms with E-state index >= 15 is 0 Å². The van der Waals surface area contributed by atoms with E-state index in [0.717, 1.165) is 6.07 Å². The molecule has 1 aliphatic heterocycles. The molecule has 3 N–H and O–H groups in total. The van der Waals surface area contributed by atoms with Gasteiger partial charge < -0.3 is 16.0 Å². The first kappa shape index (κ1) is 25.5. The summed E-state index contributed by atoms with van der Waals surface area (Å²) in [5.41, 5.74) is 3.88. The third kappa shape index (κ3) is 8.42. The van der Waals surface area contributed by atoms with Crippen LogP contribution in [-0.2, 0) is 15.8 Å². The van der Waals surface area contributed by atoms with Gasteiger partial charge in [0.25, 0.3) is 0 Å². The van der Waals surface area contributed by atoms with Crippen LogP contribution >= 0.6 is 0 Å². The van der Waals surface area contributed by atoms with Crippen LogP contribution in [0.1, 0.15) is 51.0 Å². The van der Waals surface area contributed by atoms with Crippen molar-refractivity contribution in [3.8, 4) is 0 Å². The van der Waals surface area contributed by atoms with Gasteiger partial charge in [0.05, 0.1) is 12.1 Å². The van der Waals surface area contributed by atoms with Crippen LogP contribution < -0.4 is 11.1 Å². The van der Waals surface area contributed by atoms with Crippen molar-refractivity contribution in [3.05, 3.63) is 42.2 Å². The summed E-state index contributed by atoms with van der Waals surface area (Å²) in [6.07, 6.45) is 3.55. The van der Waals surface area contributed by atoms with Crippen molar-refractivity contribution in [2.75, 3.05) is 18.4 Å². The molecular weight excluding hydrogens is 402 g/mol. The molecule has 0 unspecified atom stereocenters. The lowest BCUT2D eigenvalue weighted by Gasteiger charge is -2.22. The maximum atomic E-state index is 13.3. The Labute approximate surface area is 174 Å². The molecule has 0 bridgehead atoms. The Balaban J connectivity index is 0.000000553. The predicted octanol–water partition coefficient (Wildman–Crippen LogP) is 4.49. The molecule has 9 heteroatoms. The van der Waals surface area contributed by atoms with Crippen molar-refractivity contribution in [1.29, 1.82) is 0 Å². The highest BCUT2D eigenvalue weighted by molar-refractivity contribution is 5.89. The fourth-order valence-electron chi connectivity index (χ4n) is 3.03. The molecule has 1 aliphatic rings. The Morgan fingerprint density at radius 1 is 1.30 bits per heavy atom. The molecule has 2 rings (SSSR count). The summed E-state index contributed by atoms with van der Waals surface area (Å²) in [5.74, 6) is -2.17. The highest BCUT2D eigenvalue weighted by Crippen LogP contribution is 2.31. The molecule has 2 amide bonds. The molecule has 1 saturated heterocycles. The van der Waals surface area contributed by atoms with E-state index in [-0.39, 0.29) is 12.2 Å². The van der Waals surface area contributed by atoms with E-state index in [0.29, 0.717) is 31.5 Å². The van der Waals surface area contributed by atoms with E-state index in [1.807, 2.05) is 6.08 Å². The average Bonchev–Trinajstić information content (AvgIpc) is 3.16. The number of nitrogens with one attached hydrogen (secondary N) is 1. The van der Waals surface area contributed by atoms with Crippen molar-refractivity contribution in [1.82, 2.24) is 4.90 Å². The molecule has 1 aromatic rings. The van der Waals surface area contributed by atoms with Gasteiger partial charge in [-0.1, -0.05) is 25.8 Å². The summed E-state index contributed by atoms with van der Waals surface area (Å²) >= 11 is 0. The molecule has 0 spiro atoms. The minimum atomic E-state index is -4.69. The fraction of sp³-hybridized carbons (Fsp3) is 0.524. The van der Waals surface area contributed by atoms with Crippen molar-refractivity contribution in [2.45, 2.75) is 57.7 Å². The van der Waals surface area contributed by atoms with Crippen LogP contribution in [0, 0.1) is 5.82 Å². The second-order valence-corrected chi connectivity index (χ2v) is 7.01. The SMILES string of the molecule is C=CCCCCC.NC(=O)[C@@H]1CCCN1C(=O)CNc1cc(F)cc(C(F)(F)F)c1. The van der Waals surface area contributed by atoms with Crippen LogP contribution in [0.25, 0.3) is 0 Å². The zero-order valence-corrected chi connectivity index (χ0v) is 17.1. The minimum Gasteiger partial charge on any atom is -0.376 e. The number of benzene rings is 1. The number of nitrogens with zero attached hydrogens (tertiary/aromatic N) is 1. The Morgan fingerprint density at radius 2 is 2.00 bits per heavy atom. The molecule has 1 aromatic carbocycles.